The van der Waals surface area contributed by atoms with E-state index in [9.17, 15) is 23.5 Å². The molecule has 5 rings (SSSR count). The Bertz CT molecular complexity index is 1200. The van der Waals surface area contributed by atoms with Gasteiger partial charge in [-0.25, -0.2) is 18.0 Å². The van der Waals surface area contributed by atoms with Gasteiger partial charge in [-0.1, -0.05) is 0 Å². The molecule has 0 unspecified atom stereocenters. The summed E-state index contributed by atoms with van der Waals surface area (Å²) in [5.41, 5.74) is 10.1. The van der Waals surface area contributed by atoms with Gasteiger partial charge in [0.25, 0.3) is 0 Å². The van der Waals surface area contributed by atoms with Crippen LogP contribution < -0.4 is 21.8 Å². The third kappa shape index (κ3) is 3.14. The molecule has 4 atom stereocenters. The number of nitrogens with zero attached hydrogens (tertiary/aromatic N) is 2. The molecule has 32 heavy (non-hydrogen) atoms. The van der Waals surface area contributed by atoms with Crippen molar-refractivity contribution in [2.24, 2.45) is 11.7 Å². The van der Waals surface area contributed by atoms with E-state index in [-0.39, 0.29) is 48.5 Å². The van der Waals surface area contributed by atoms with Gasteiger partial charge in [-0.2, -0.15) is 0 Å². The number of fused-ring (bicyclic) bond motifs is 1. The maximum atomic E-state index is 15.5. The van der Waals surface area contributed by atoms with Crippen LogP contribution in [-0.2, 0) is 0 Å². The Balaban J connectivity index is 0.00000245. The Kier molecular flexibility index (Phi) is 5.17. The van der Waals surface area contributed by atoms with Crippen LogP contribution in [-0.4, -0.2) is 46.6 Å². The molecule has 2 aromatic rings. The molecular formula is C21H24ClF3N4O3. The first-order chi connectivity index (χ1) is 14.5. The molecule has 174 valence electrons. The van der Waals surface area contributed by atoms with Crippen molar-refractivity contribution < 1.29 is 23.1 Å². The zero-order valence-corrected chi connectivity index (χ0v) is 18.1. The highest BCUT2D eigenvalue weighted by Crippen LogP contribution is 2.48. The predicted molar refractivity (Wildman–Crippen MR) is 117 cm³/mol. The fourth-order valence-electron chi connectivity index (χ4n) is 5.01. The van der Waals surface area contributed by atoms with Gasteiger partial charge in [0, 0.05) is 37.2 Å². The van der Waals surface area contributed by atoms with Crippen LogP contribution in [0, 0.1) is 18.7 Å². The van der Waals surface area contributed by atoms with E-state index in [1.807, 2.05) is 0 Å². The van der Waals surface area contributed by atoms with Crippen LogP contribution in [0.1, 0.15) is 41.2 Å². The number of hydrogen-bond donors (Lipinski definition) is 3. The molecule has 2 aliphatic carbocycles. The smallest absolute Gasteiger partial charge is 0.341 e. The zero-order valence-electron chi connectivity index (χ0n) is 17.3. The minimum Gasteiger partial charge on any atom is -0.477 e. The third-order valence-electron chi connectivity index (χ3n) is 7.06. The van der Waals surface area contributed by atoms with Crippen molar-refractivity contribution in [2.45, 2.75) is 50.1 Å². The maximum Gasteiger partial charge on any atom is 0.341 e. The van der Waals surface area contributed by atoms with Gasteiger partial charge in [-0.3, -0.25) is 4.79 Å². The molecule has 2 saturated carbocycles. The largest absolute Gasteiger partial charge is 0.477 e. The first-order valence-corrected chi connectivity index (χ1v) is 10.3. The van der Waals surface area contributed by atoms with Gasteiger partial charge in [0.05, 0.1) is 28.3 Å². The van der Waals surface area contributed by atoms with Crippen LogP contribution >= 0.6 is 12.4 Å². The van der Waals surface area contributed by atoms with Crippen LogP contribution in [0.15, 0.2) is 11.0 Å². The van der Waals surface area contributed by atoms with Crippen molar-refractivity contribution in [3.63, 3.8) is 0 Å². The van der Waals surface area contributed by atoms with Gasteiger partial charge in [0.2, 0.25) is 5.43 Å². The van der Waals surface area contributed by atoms with E-state index in [1.54, 1.807) is 11.8 Å². The summed E-state index contributed by atoms with van der Waals surface area (Å²) in [6.07, 6.45) is 0.222. The number of carbonyl (C=O) groups is 1. The summed E-state index contributed by atoms with van der Waals surface area (Å²) >= 11 is 0. The third-order valence-corrected chi connectivity index (χ3v) is 7.06. The van der Waals surface area contributed by atoms with Crippen molar-refractivity contribution in [1.29, 1.82) is 0 Å². The molecule has 11 heteroatoms. The number of aromatic nitrogens is 1. The lowest BCUT2D eigenvalue weighted by molar-refractivity contribution is 0.0694. The quantitative estimate of drug-likeness (QED) is 0.589. The maximum absolute atomic E-state index is 15.5. The second kappa shape index (κ2) is 7.28. The molecule has 1 aromatic heterocycles. The van der Waals surface area contributed by atoms with Crippen LogP contribution in [0.25, 0.3) is 10.9 Å². The van der Waals surface area contributed by atoms with Crippen molar-refractivity contribution in [3.05, 3.63) is 33.4 Å². The Morgan fingerprint density at radius 2 is 1.88 bits per heavy atom. The van der Waals surface area contributed by atoms with E-state index in [0.29, 0.717) is 18.4 Å². The first kappa shape index (κ1) is 22.7. The molecule has 1 saturated heterocycles. The minimum atomic E-state index is -1.50. The van der Waals surface area contributed by atoms with E-state index in [2.05, 4.69) is 0 Å². The van der Waals surface area contributed by atoms with Crippen LogP contribution in [0.3, 0.4) is 0 Å². The second-order valence-corrected chi connectivity index (χ2v) is 9.09. The molecule has 0 radical (unpaired) electrons. The molecule has 0 amide bonds. The van der Waals surface area contributed by atoms with Gasteiger partial charge in [-0.15, -0.1) is 12.4 Å². The Labute approximate surface area is 187 Å². The number of hydrogen-bond acceptors (Lipinski definition) is 5. The molecule has 1 aromatic carbocycles. The summed E-state index contributed by atoms with van der Waals surface area (Å²) in [6.45, 7) is 1.69. The molecule has 7 nitrogen and oxygen atoms in total. The van der Waals surface area contributed by atoms with Crippen molar-refractivity contribution in [1.82, 2.24) is 4.57 Å². The summed E-state index contributed by atoms with van der Waals surface area (Å²) in [4.78, 5) is 25.9. The van der Waals surface area contributed by atoms with Gasteiger partial charge >= 0.3 is 5.97 Å². The molecule has 2 heterocycles. The SMILES string of the molecule is Cc1c(N2C[C@H](F)[C@@H](C3(N)CC3)C2)c(F)c(N)c2c(=O)c(C(=O)O)cn([C@@H]3C[C@@H]3F)c12.Cl. The Morgan fingerprint density at radius 1 is 1.25 bits per heavy atom. The average Bonchev–Trinajstić information content (AvgIpc) is 3.58. The number of carboxylic acid groups (broad SMARTS) is 1. The lowest BCUT2D eigenvalue weighted by Gasteiger charge is -2.26. The summed E-state index contributed by atoms with van der Waals surface area (Å²) in [5.74, 6) is -2.85. The fraction of sp³-hybridized carbons (Fsp3) is 0.524. The number of aryl methyl sites for hydroxylation is 1. The summed E-state index contributed by atoms with van der Waals surface area (Å²) in [6, 6.07) is -0.670. The van der Waals surface area contributed by atoms with E-state index >= 15 is 4.39 Å². The lowest BCUT2D eigenvalue weighted by atomic mass is 9.96. The molecule has 5 N–H and O–H groups in total. The number of anilines is 2. The topological polar surface area (TPSA) is 115 Å². The molecule has 1 aliphatic heterocycles. The minimum absolute atomic E-state index is 0. The van der Waals surface area contributed by atoms with Crippen molar-refractivity contribution in [3.8, 4) is 0 Å². The average molecular weight is 473 g/mol. The number of nitrogen functional groups attached to an aromatic ring is 1. The van der Waals surface area contributed by atoms with Gasteiger partial charge < -0.3 is 26.0 Å². The van der Waals surface area contributed by atoms with Gasteiger partial charge in [-0.05, 0) is 25.3 Å². The molecule has 0 bridgehead atoms. The monoisotopic (exact) mass is 472 g/mol. The van der Waals surface area contributed by atoms with Crippen LogP contribution in [0.2, 0.25) is 0 Å². The van der Waals surface area contributed by atoms with Gasteiger partial charge in [0.1, 0.15) is 17.9 Å². The van der Waals surface area contributed by atoms with Gasteiger partial charge in [0.15, 0.2) is 5.82 Å². The van der Waals surface area contributed by atoms with E-state index in [4.69, 9.17) is 11.5 Å². The predicted octanol–water partition coefficient (Wildman–Crippen LogP) is 2.70. The highest BCUT2D eigenvalue weighted by Gasteiger charge is 2.53. The number of carboxylic acids is 1. The van der Waals surface area contributed by atoms with Crippen molar-refractivity contribution >= 4 is 40.7 Å². The van der Waals surface area contributed by atoms with E-state index in [0.717, 1.165) is 6.20 Å². The lowest BCUT2D eigenvalue weighted by Crippen LogP contribution is -2.38. The Hall–Kier alpha value is -2.46. The van der Waals surface area contributed by atoms with E-state index < -0.39 is 58.3 Å². The number of nitrogens with two attached hydrogens (primary N) is 2. The second-order valence-electron chi connectivity index (χ2n) is 9.09. The number of rotatable bonds is 4. The number of alkyl halides is 2. The molecule has 3 aliphatic rings. The summed E-state index contributed by atoms with van der Waals surface area (Å²) in [5, 5.41) is 9.12. The van der Waals surface area contributed by atoms with Crippen LogP contribution in [0.5, 0.6) is 0 Å². The number of benzene rings is 1. The fourth-order valence-corrected chi connectivity index (χ4v) is 5.01. The van der Waals surface area contributed by atoms with E-state index in [1.165, 1.54) is 4.57 Å². The highest BCUT2D eigenvalue weighted by atomic mass is 35.5. The Morgan fingerprint density at radius 3 is 2.41 bits per heavy atom. The normalized spacial score (nSPS) is 28.0. The summed E-state index contributed by atoms with van der Waals surface area (Å²) < 4.78 is 45.5. The number of halogens is 4. The molecular weight excluding hydrogens is 449 g/mol. The standard InChI is InChI=1S/C21H23F3N4O3.ClH/c1-8-17-14(19(29)9(20(30)31)5-28(17)13-4-11(13)22)16(25)15(24)18(8)27-6-10(12(23)7-27)21(26)2-3-21;/h5,10-13H,2-4,6-7,25-26H2,1H3,(H,30,31);1H/t10-,11-,12-,13+;/m0./s1. The number of pyridine rings is 1. The first-order valence-electron chi connectivity index (χ1n) is 10.3. The van der Waals surface area contributed by atoms with Crippen LogP contribution in [0.4, 0.5) is 24.5 Å². The molecule has 0 spiro atoms. The number of aromatic carboxylic acids is 1. The molecule has 3 fully saturated rings. The van der Waals surface area contributed by atoms with Crippen molar-refractivity contribution in [2.75, 3.05) is 23.7 Å². The summed E-state index contributed by atoms with van der Waals surface area (Å²) in [7, 11) is 0. The zero-order chi connectivity index (χ0) is 22.4. The highest BCUT2D eigenvalue weighted by molar-refractivity contribution is 6.01.